The van der Waals surface area contributed by atoms with Crippen LogP contribution in [0.3, 0.4) is 0 Å². The van der Waals surface area contributed by atoms with E-state index >= 15 is 0 Å². The molecule has 0 radical (unpaired) electrons. The Labute approximate surface area is 136 Å². The van der Waals surface area contributed by atoms with E-state index in [1.54, 1.807) is 43.6 Å². The molecule has 0 aliphatic heterocycles. The molecule has 0 atom stereocenters. The number of hydrogen-bond donors (Lipinski definition) is 1. The highest BCUT2D eigenvalue weighted by molar-refractivity contribution is 6.32. The normalized spacial score (nSPS) is 10.6. The molecule has 23 heavy (non-hydrogen) atoms. The molecule has 0 aliphatic carbocycles. The van der Waals surface area contributed by atoms with Crippen LogP contribution in [0.4, 0.5) is 15.0 Å². The lowest BCUT2D eigenvalue weighted by atomic mass is 10.2. The predicted octanol–water partition coefficient (Wildman–Crippen LogP) is 4.65. The largest absolute Gasteiger partial charge is 0.497 e. The maximum Gasteiger partial charge on any atom is 0.330 e. The molecule has 1 heterocycles. The second kappa shape index (κ2) is 6.18. The lowest BCUT2D eigenvalue weighted by molar-refractivity contribution is -0.00592. The van der Waals surface area contributed by atoms with Gasteiger partial charge >= 0.3 is 6.03 Å². The average molecular weight is 335 g/mol. The molecule has 0 bridgehead atoms. The van der Waals surface area contributed by atoms with Crippen molar-refractivity contribution in [1.29, 1.82) is 0 Å². The molecule has 0 saturated carbocycles. The average Bonchev–Trinajstić information content (AvgIpc) is 2.97. The topological polar surface area (TPSA) is 52.5 Å². The van der Waals surface area contributed by atoms with E-state index in [4.69, 9.17) is 16.3 Å². The minimum Gasteiger partial charge on any atom is -0.497 e. The van der Waals surface area contributed by atoms with Crippen LogP contribution in [-0.4, -0.2) is 17.7 Å². The van der Waals surface area contributed by atoms with Crippen molar-refractivity contribution in [3.05, 3.63) is 53.7 Å². The van der Waals surface area contributed by atoms with E-state index in [0.717, 1.165) is 0 Å². The summed E-state index contributed by atoms with van der Waals surface area (Å²) >= 11 is 5.86. The Kier molecular flexibility index (Phi) is 4.08. The highest BCUT2D eigenvalue weighted by Gasteiger charge is 2.13. The minimum absolute atomic E-state index is 0.133. The van der Waals surface area contributed by atoms with Gasteiger partial charge in [0.1, 0.15) is 5.75 Å². The molecule has 1 amide bonds. The zero-order valence-corrected chi connectivity index (χ0v) is 12.8. The summed E-state index contributed by atoms with van der Waals surface area (Å²) in [5, 5.41) is 3.57. The standard InChI is InChI=1S/C16H12ClFN2O3/c1-22-12-4-2-11(3-5-12)19-16(21)20-7-6-10-8-13(17)15(23-18)9-14(10)20/h2-9H,1H3,(H,19,21). The summed E-state index contributed by atoms with van der Waals surface area (Å²) in [6, 6.07) is 11.1. The minimum atomic E-state index is -0.391. The predicted molar refractivity (Wildman–Crippen MR) is 86.1 cm³/mol. The first-order valence-electron chi connectivity index (χ1n) is 6.67. The second-order valence-corrected chi connectivity index (χ2v) is 5.17. The van der Waals surface area contributed by atoms with E-state index in [1.807, 2.05) is 0 Å². The quantitative estimate of drug-likeness (QED) is 0.758. The Bertz CT molecular complexity index is 862. The fraction of sp³-hybridized carbons (Fsp3) is 0.0625. The number of methoxy groups -OCH3 is 1. The van der Waals surface area contributed by atoms with E-state index in [-0.39, 0.29) is 10.8 Å². The molecule has 1 N–H and O–H groups in total. The molecule has 1 aromatic heterocycles. The fourth-order valence-electron chi connectivity index (χ4n) is 2.23. The number of fused-ring (bicyclic) bond motifs is 1. The Morgan fingerprint density at radius 1 is 1.22 bits per heavy atom. The smallest absolute Gasteiger partial charge is 0.330 e. The second-order valence-electron chi connectivity index (χ2n) is 4.76. The molecule has 7 heteroatoms. The van der Waals surface area contributed by atoms with Crippen molar-refractivity contribution in [2.24, 2.45) is 0 Å². The fourth-order valence-corrected chi connectivity index (χ4v) is 2.43. The molecule has 2 aromatic carbocycles. The van der Waals surface area contributed by atoms with Crippen LogP contribution in [0.15, 0.2) is 48.7 Å². The molecule has 0 saturated heterocycles. The van der Waals surface area contributed by atoms with Crippen LogP contribution in [-0.2, 0) is 0 Å². The monoisotopic (exact) mass is 334 g/mol. The number of nitrogens with zero attached hydrogens (tertiary/aromatic N) is 1. The number of ether oxygens (including phenoxy) is 1. The number of hydrogen-bond acceptors (Lipinski definition) is 3. The van der Waals surface area contributed by atoms with Crippen LogP contribution in [0.1, 0.15) is 0 Å². The van der Waals surface area contributed by atoms with Crippen LogP contribution >= 0.6 is 11.6 Å². The first-order chi connectivity index (χ1) is 11.1. The summed E-state index contributed by atoms with van der Waals surface area (Å²) in [6.45, 7) is 0. The summed E-state index contributed by atoms with van der Waals surface area (Å²) in [7, 11) is 1.56. The third-order valence-electron chi connectivity index (χ3n) is 3.39. The van der Waals surface area contributed by atoms with Crippen LogP contribution in [0.5, 0.6) is 11.5 Å². The van der Waals surface area contributed by atoms with Crippen LogP contribution in [0, 0.1) is 0 Å². The summed E-state index contributed by atoms with van der Waals surface area (Å²) < 4.78 is 18.9. The van der Waals surface area contributed by atoms with Gasteiger partial charge in [0.05, 0.1) is 17.6 Å². The number of nitrogens with one attached hydrogen (secondary N) is 1. The molecule has 3 rings (SSSR count). The van der Waals surface area contributed by atoms with Gasteiger partial charge in [0.15, 0.2) is 5.75 Å². The van der Waals surface area contributed by atoms with Crippen LogP contribution in [0.2, 0.25) is 5.02 Å². The number of benzene rings is 2. The van der Waals surface area contributed by atoms with Crippen molar-refractivity contribution in [1.82, 2.24) is 4.57 Å². The highest BCUT2D eigenvalue weighted by Crippen LogP contribution is 2.31. The van der Waals surface area contributed by atoms with Crippen molar-refractivity contribution in [2.45, 2.75) is 0 Å². The number of carbonyl (C=O) groups is 1. The van der Waals surface area contributed by atoms with Gasteiger partial charge in [0, 0.05) is 27.9 Å². The molecular weight excluding hydrogens is 323 g/mol. The van der Waals surface area contributed by atoms with Crippen molar-refractivity contribution in [3.8, 4) is 11.5 Å². The lowest BCUT2D eigenvalue weighted by Crippen LogP contribution is -2.18. The maximum absolute atomic E-state index is 12.5. The summed E-state index contributed by atoms with van der Waals surface area (Å²) in [6.07, 6.45) is 1.57. The molecule has 118 valence electrons. The first-order valence-corrected chi connectivity index (χ1v) is 7.05. The number of aromatic nitrogens is 1. The van der Waals surface area contributed by atoms with Crippen molar-refractivity contribution in [2.75, 3.05) is 12.4 Å². The molecule has 0 aliphatic rings. The van der Waals surface area contributed by atoms with Gasteiger partial charge in [-0.2, -0.15) is 0 Å². The highest BCUT2D eigenvalue weighted by atomic mass is 35.5. The van der Waals surface area contributed by atoms with E-state index in [0.29, 0.717) is 22.3 Å². The number of halogens is 2. The Morgan fingerprint density at radius 2 is 1.96 bits per heavy atom. The molecule has 0 fully saturated rings. The third kappa shape index (κ3) is 2.93. The van der Waals surface area contributed by atoms with Crippen LogP contribution in [0.25, 0.3) is 10.9 Å². The van der Waals surface area contributed by atoms with Gasteiger partial charge in [-0.25, -0.2) is 4.79 Å². The van der Waals surface area contributed by atoms with E-state index < -0.39 is 6.03 Å². The molecule has 5 nitrogen and oxygen atoms in total. The summed E-state index contributed by atoms with van der Waals surface area (Å²) in [4.78, 5) is 16.1. The Morgan fingerprint density at radius 3 is 2.61 bits per heavy atom. The number of rotatable bonds is 3. The maximum atomic E-state index is 12.5. The molecule has 0 spiro atoms. The van der Waals surface area contributed by atoms with Crippen LogP contribution < -0.4 is 15.0 Å². The number of carbonyl (C=O) groups excluding carboxylic acids is 1. The van der Waals surface area contributed by atoms with Gasteiger partial charge in [0.25, 0.3) is 0 Å². The molecular formula is C16H12ClFN2O3. The lowest BCUT2D eigenvalue weighted by Gasteiger charge is -2.08. The van der Waals surface area contributed by atoms with Gasteiger partial charge < -0.3 is 10.1 Å². The summed E-state index contributed by atoms with van der Waals surface area (Å²) in [5.74, 6) is 0.546. The van der Waals surface area contributed by atoms with E-state index in [1.165, 1.54) is 16.7 Å². The summed E-state index contributed by atoms with van der Waals surface area (Å²) in [5.41, 5.74) is 1.08. The van der Waals surface area contributed by atoms with Crippen molar-refractivity contribution >= 4 is 34.2 Å². The number of amides is 1. The Balaban J connectivity index is 1.91. The van der Waals surface area contributed by atoms with Gasteiger partial charge in [-0.05, 0) is 36.4 Å². The van der Waals surface area contributed by atoms with Gasteiger partial charge in [-0.15, -0.1) is 0 Å². The van der Waals surface area contributed by atoms with Gasteiger partial charge in [-0.1, -0.05) is 11.6 Å². The SMILES string of the molecule is COc1ccc(NC(=O)n2ccc3cc(Cl)c(OF)cc32)cc1. The van der Waals surface area contributed by atoms with Crippen molar-refractivity contribution < 1.29 is 19.0 Å². The van der Waals surface area contributed by atoms with Gasteiger partial charge in [0.2, 0.25) is 0 Å². The Hall–Kier alpha value is -2.73. The van der Waals surface area contributed by atoms with E-state index in [9.17, 15) is 9.32 Å². The van der Waals surface area contributed by atoms with Gasteiger partial charge in [-0.3, -0.25) is 9.51 Å². The molecule has 3 aromatic rings. The molecule has 0 unspecified atom stereocenters. The zero-order chi connectivity index (χ0) is 16.4. The first kappa shape index (κ1) is 15.2. The number of anilines is 1. The zero-order valence-electron chi connectivity index (χ0n) is 12.0. The third-order valence-corrected chi connectivity index (χ3v) is 3.68. The van der Waals surface area contributed by atoms with E-state index in [2.05, 4.69) is 10.3 Å². The van der Waals surface area contributed by atoms with Crippen molar-refractivity contribution in [3.63, 3.8) is 0 Å².